The molecule has 0 aliphatic carbocycles. The van der Waals surface area contributed by atoms with E-state index in [1.54, 1.807) is 24.3 Å². The zero-order valence-electron chi connectivity index (χ0n) is 12.8. The van der Waals surface area contributed by atoms with E-state index < -0.39 is 0 Å². The van der Waals surface area contributed by atoms with Crippen molar-refractivity contribution in [3.8, 4) is 0 Å². The second kappa shape index (κ2) is 8.17. The summed E-state index contributed by atoms with van der Waals surface area (Å²) in [4.78, 5) is 24.3. The normalized spacial score (nSPS) is 11.6. The van der Waals surface area contributed by atoms with Crippen LogP contribution < -0.4 is 10.6 Å². The van der Waals surface area contributed by atoms with Gasteiger partial charge in [-0.25, -0.2) is 0 Å². The maximum Gasteiger partial charge on any atom is 0.237 e. The fourth-order valence-corrected chi connectivity index (χ4v) is 3.32. The molecule has 0 spiro atoms. The third kappa shape index (κ3) is 5.41. The van der Waals surface area contributed by atoms with Crippen LogP contribution in [0.1, 0.15) is 13.8 Å². The van der Waals surface area contributed by atoms with E-state index in [0.29, 0.717) is 11.4 Å². The van der Waals surface area contributed by atoms with Crippen LogP contribution in [0.4, 0.5) is 11.4 Å². The topological polar surface area (TPSA) is 58.2 Å². The van der Waals surface area contributed by atoms with Gasteiger partial charge < -0.3 is 10.6 Å². The number of amides is 2. The predicted octanol–water partition coefficient (Wildman–Crippen LogP) is 4.53. The molecule has 6 heteroatoms. The van der Waals surface area contributed by atoms with Crippen LogP contribution >= 0.6 is 27.7 Å². The first-order valence-corrected chi connectivity index (χ1v) is 8.72. The fraction of sp³-hybridized carbons (Fsp3) is 0.176. The van der Waals surface area contributed by atoms with Crippen molar-refractivity contribution in [3.63, 3.8) is 0 Å². The van der Waals surface area contributed by atoms with E-state index in [4.69, 9.17) is 0 Å². The monoisotopic (exact) mass is 392 g/mol. The molecule has 23 heavy (non-hydrogen) atoms. The van der Waals surface area contributed by atoms with Crippen molar-refractivity contribution < 1.29 is 9.59 Å². The Morgan fingerprint density at radius 3 is 2.13 bits per heavy atom. The highest BCUT2D eigenvalue weighted by Crippen LogP contribution is 2.30. The zero-order chi connectivity index (χ0) is 16.8. The van der Waals surface area contributed by atoms with Gasteiger partial charge in [-0.15, -0.1) is 11.8 Å². The maximum absolute atomic E-state index is 12.3. The minimum absolute atomic E-state index is 0.0713. The molecule has 120 valence electrons. The molecule has 2 aromatic carbocycles. The van der Waals surface area contributed by atoms with E-state index in [1.807, 2.05) is 31.2 Å². The summed E-state index contributed by atoms with van der Waals surface area (Å²) < 4.78 is 0.976. The zero-order valence-corrected chi connectivity index (χ0v) is 15.2. The Kier molecular flexibility index (Phi) is 6.24. The highest BCUT2D eigenvalue weighted by molar-refractivity contribution is 9.10. The van der Waals surface area contributed by atoms with Gasteiger partial charge in [-0.2, -0.15) is 0 Å². The first-order chi connectivity index (χ1) is 11.0. The Labute approximate surface area is 148 Å². The lowest BCUT2D eigenvalue weighted by Gasteiger charge is -2.13. The van der Waals surface area contributed by atoms with Gasteiger partial charge in [-0.1, -0.05) is 12.1 Å². The van der Waals surface area contributed by atoms with Crippen molar-refractivity contribution in [3.05, 3.63) is 53.0 Å². The van der Waals surface area contributed by atoms with Crippen LogP contribution in [-0.2, 0) is 9.59 Å². The minimum Gasteiger partial charge on any atom is -0.326 e. The molecule has 2 N–H and O–H groups in total. The number of carbonyl (C=O) groups is 2. The first kappa shape index (κ1) is 17.6. The number of halogens is 1. The molecule has 0 heterocycles. The molecule has 0 bridgehead atoms. The second-order valence-corrected chi connectivity index (χ2v) is 7.18. The Hall–Kier alpha value is -1.79. The highest BCUT2D eigenvalue weighted by atomic mass is 79.9. The first-order valence-electron chi connectivity index (χ1n) is 7.05. The molecular formula is C17H17BrN2O2S. The van der Waals surface area contributed by atoms with Crippen molar-refractivity contribution in [2.45, 2.75) is 24.0 Å². The summed E-state index contributed by atoms with van der Waals surface area (Å²) in [7, 11) is 0. The lowest BCUT2D eigenvalue weighted by atomic mass is 10.2. The number of nitrogens with one attached hydrogen (secondary N) is 2. The molecule has 0 aromatic heterocycles. The van der Waals surface area contributed by atoms with Crippen LogP contribution in [0.3, 0.4) is 0 Å². The van der Waals surface area contributed by atoms with Gasteiger partial charge in [-0.3, -0.25) is 9.59 Å². The summed E-state index contributed by atoms with van der Waals surface area (Å²) in [6.45, 7) is 3.32. The Balaban J connectivity index is 1.95. The number of rotatable bonds is 5. The number of anilines is 2. The van der Waals surface area contributed by atoms with E-state index in [1.165, 1.54) is 18.7 Å². The van der Waals surface area contributed by atoms with Gasteiger partial charge in [0.15, 0.2) is 0 Å². The summed E-state index contributed by atoms with van der Waals surface area (Å²) in [5.41, 5.74) is 1.40. The van der Waals surface area contributed by atoms with Crippen LogP contribution in [0, 0.1) is 0 Å². The number of carbonyl (C=O) groups excluding carboxylic acids is 2. The SMILES string of the molecule is CC(=O)Nc1ccc(NC(=O)C(C)Sc2ccccc2Br)cc1. The third-order valence-corrected chi connectivity index (χ3v) is 5.11. The predicted molar refractivity (Wildman–Crippen MR) is 98.8 cm³/mol. The van der Waals surface area contributed by atoms with Crippen LogP contribution in [0.2, 0.25) is 0 Å². The Morgan fingerprint density at radius 1 is 1.00 bits per heavy atom. The van der Waals surface area contributed by atoms with Crippen LogP contribution in [0.15, 0.2) is 57.9 Å². The summed E-state index contributed by atoms with van der Waals surface area (Å²) in [5, 5.41) is 5.33. The van der Waals surface area contributed by atoms with Gasteiger partial charge in [0.25, 0.3) is 0 Å². The number of hydrogen-bond acceptors (Lipinski definition) is 3. The third-order valence-electron chi connectivity index (χ3n) is 2.98. The number of benzene rings is 2. The van der Waals surface area contributed by atoms with Crippen molar-refractivity contribution in [2.24, 2.45) is 0 Å². The minimum atomic E-state index is -0.233. The van der Waals surface area contributed by atoms with Crippen LogP contribution in [0.25, 0.3) is 0 Å². The van der Waals surface area contributed by atoms with Gasteiger partial charge in [0, 0.05) is 27.7 Å². The van der Waals surface area contributed by atoms with E-state index in [9.17, 15) is 9.59 Å². The highest BCUT2D eigenvalue weighted by Gasteiger charge is 2.15. The number of hydrogen-bond donors (Lipinski definition) is 2. The smallest absolute Gasteiger partial charge is 0.237 e. The van der Waals surface area contributed by atoms with Crippen LogP contribution in [0.5, 0.6) is 0 Å². The Morgan fingerprint density at radius 2 is 1.57 bits per heavy atom. The molecule has 0 radical (unpaired) electrons. The average molecular weight is 393 g/mol. The second-order valence-electron chi connectivity index (χ2n) is 4.94. The van der Waals surface area contributed by atoms with Gasteiger partial charge in [0.05, 0.1) is 5.25 Å². The Bertz CT molecular complexity index is 704. The van der Waals surface area contributed by atoms with E-state index in [0.717, 1.165) is 9.37 Å². The summed E-state index contributed by atoms with van der Waals surface area (Å²) in [5.74, 6) is -0.196. The number of thioether (sulfide) groups is 1. The van der Waals surface area contributed by atoms with Gasteiger partial charge >= 0.3 is 0 Å². The molecular weight excluding hydrogens is 376 g/mol. The van der Waals surface area contributed by atoms with E-state index in [2.05, 4.69) is 26.6 Å². The molecule has 1 unspecified atom stereocenters. The van der Waals surface area contributed by atoms with E-state index >= 15 is 0 Å². The standard InChI is InChI=1S/C17H17BrN2O2S/c1-11(23-16-6-4-3-5-15(16)18)17(22)20-14-9-7-13(8-10-14)19-12(2)21/h3-11H,1-2H3,(H,19,21)(H,20,22). The molecule has 0 aliphatic rings. The molecule has 4 nitrogen and oxygen atoms in total. The summed E-state index contributed by atoms with van der Waals surface area (Å²) in [6, 6.07) is 14.8. The summed E-state index contributed by atoms with van der Waals surface area (Å²) >= 11 is 4.97. The largest absolute Gasteiger partial charge is 0.326 e. The van der Waals surface area contributed by atoms with Crippen molar-refractivity contribution in [2.75, 3.05) is 10.6 Å². The van der Waals surface area contributed by atoms with Crippen LogP contribution in [-0.4, -0.2) is 17.1 Å². The molecule has 0 fully saturated rings. The molecule has 0 saturated carbocycles. The lowest BCUT2D eigenvalue weighted by molar-refractivity contribution is -0.115. The van der Waals surface area contributed by atoms with Crippen molar-refractivity contribution in [1.29, 1.82) is 0 Å². The molecule has 1 atom stereocenters. The van der Waals surface area contributed by atoms with Gasteiger partial charge in [0.2, 0.25) is 11.8 Å². The molecule has 2 rings (SSSR count). The fourth-order valence-electron chi connectivity index (χ4n) is 1.87. The maximum atomic E-state index is 12.3. The quantitative estimate of drug-likeness (QED) is 0.734. The molecule has 0 aliphatic heterocycles. The van der Waals surface area contributed by atoms with Crippen molar-refractivity contribution in [1.82, 2.24) is 0 Å². The summed E-state index contributed by atoms with van der Waals surface area (Å²) in [6.07, 6.45) is 0. The van der Waals surface area contributed by atoms with Crippen molar-refractivity contribution >= 4 is 50.9 Å². The van der Waals surface area contributed by atoms with E-state index in [-0.39, 0.29) is 17.1 Å². The lowest BCUT2D eigenvalue weighted by Crippen LogP contribution is -2.22. The van der Waals surface area contributed by atoms with Gasteiger partial charge in [0.1, 0.15) is 0 Å². The average Bonchev–Trinajstić information content (AvgIpc) is 2.51. The molecule has 0 saturated heterocycles. The molecule has 2 aromatic rings. The van der Waals surface area contributed by atoms with Gasteiger partial charge in [-0.05, 0) is 59.3 Å². The molecule has 2 amide bonds.